The maximum absolute atomic E-state index is 9.69. The van der Waals surface area contributed by atoms with Crippen LogP contribution in [0.5, 0.6) is 0 Å². The van der Waals surface area contributed by atoms with Crippen LogP contribution in [0.25, 0.3) is 0 Å². The molecule has 0 aromatic carbocycles. The van der Waals surface area contributed by atoms with Crippen molar-refractivity contribution in [1.29, 1.82) is 5.26 Å². The molecule has 8 nitrogen and oxygen atoms in total. The van der Waals surface area contributed by atoms with E-state index in [9.17, 15) is 5.26 Å². The molecule has 0 radical (unpaired) electrons. The van der Waals surface area contributed by atoms with E-state index in [1.165, 1.54) is 0 Å². The summed E-state index contributed by atoms with van der Waals surface area (Å²) in [7, 11) is 0. The van der Waals surface area contributed by atoms with Crippen LogP contribution in [0.15, 0.2) is 0 Å². The molecule has 0 spiro atoms. The predicted octanol–water partition coefficient (Wildman–Crippen LogP) is 1.73. The zero-order valence-electron chi connectivity index (χ0n) is 14.9. The standard InChI is InChI=1S/C17H23N7O/c1-4-11-12(9-18)17(23-20-13(11)5-2)24-7-8-25-14(10-24)16-19-15(6-3)21-22-16/h14H,4-8,10H2,1-3H3,(H,19,21,22). The molecule has 1 aliphatic rings. The molecule has 0 amide bonds. The van der Waals surface area contributed by atoms with Crippen LogP contribution in [-0.4, -0.2) is 45.1 Å². The number of hydrogen-bond donors (Lipinski definition) is 1. The number of anilines is 1. The van der Waals surface area contributed by atoms with Crippen LogP contribution in [0.1, 0.15) is 55.3 Å². The minimum atomic E-state index is -0.241. The highest BCUT2D eigenvalue weighted by Gasteiger charge is 2.28. The van der Waals surface area contributed by atoms with Gasteiger partial charge >= 0.3 is 0 Å². The molecule has 1 N–H and O–H groups in total. The van der Waals surface area contributed by atoms with Crippen LogP contribution in [0, 0.1) is 11.3 Å². The van der Waals surface area contributed by atoms with Crippen LogP contribution >= 0.6 is 0 Å². The number of nitrogens with one attached hydrogen (secondary N) is 1. The van der Waals surface area contributed by atoms with Gasteiger partial charge in [-0.3, -0.25) is 5.10 Å². The van der Waals surface area contributed by atoms with Gasteiger partial charge in [-0.1, -0.05) is 20.8 Å². The van der Waals surface area contributed by atoms with Gasteiger partial charge in [0.05, 0.1) is 18.8 Å². The van der Waals surface area contributed by atoms with Gasteiger partial charge in [-0.2, -0.15) is 15.5 Å². The van der Waals surface area contributed by atoms with Crippen molar-refractivity contribution < 1.29 is 4.74 Å². The van der Waals surface area contributed by atoms with E-state index in [0.717, 1.165) is 36.3 Å². The lowest BCUT2D eigenvalue weighted by Gasteiger charge is -2.33. The molecule has 2 aromatic heterocycles. The quantitative estimate of drug-likeness (QED) is 0.883. The Balaban J connectivity index is 1.90. The monoisotopic (exact) mass is 341 g/mol. The molecule has 0 aliphatic carbocycles. The van der Waals surface area contributed by atoms with Gasteiger partial charge in [-0.25, -0.2) is 4.98 Å². The number of aromatic nitrogens is 5. The summed E-state index contributed by atoms with van der Waals surface area (Å²) in [6.07, 6.45) is 2.09. The Morgan fingerprint density at radius 3 is 2.72 bits per heavy atom. The van der Waals surface area contributed by atoms with Crippen LogP contribution in [0.4, 0.5) is 5.82 Å². The molecular formula is C17H23N7O. The minimum absolute atomic E-state index is 0.241. The maximum atomic E-state index is 9.69. The van der Waals surface area contributed by atoms with Gasteiger partial charge in [0.2, 0.25) is 0 Å². The summed E-state index contributed by atoms with van der Waals surface area (Å²) in [4.78, 5) is 6.52. The molecule has 1 fully saturated rings. The highest BCUT2D eigenvalue weighted by Crippen LogP contribution is 2.28. The largest absolute Gasteiger partial charge is 0.366 e. The Morgan fingerprint density at radius 1 is 1.24 bits per heavy atom. The van der Waals surface area contributed by atoms with E-state index >= 15 is 0 Å². The smallest absolute Gasteiger partial charge is 0.181 e. The van der Waals surface area contributed by atoms with Gasteiger partial charge in [-0.15, -0.1) is 5.10 Å². The molecule has 1 aliphatic heterocycles. The second-order valence-electron chi connectivity index (χ2n) is 5.94. The lowest BCUT2D eigenvalue weighted by Crippen LogP contribution is -2.40. The first-order chi connectivity index (χ1) is 12.2. The summed E-state index contributed by atoms with van der Waals surface area (Å²) in [6, 6.07) is 2.33. The first-order valence-corrected chi connectivity index (χ1v) is 8.77. The number of morpholine rings is 1. The number of rotatable bonds is 5. The lowest BCUT2D eigenvalue weighted by atomic mass is 10.0. The number of nitrogens with zero attached hydrogens (tertiary/aromatic N) is 6. The topological polar surface area (TPSA) is 104 Å². The van der Waals surface area contributed by atoms with E-state index in [0.29, 0.717) is 36.9 Å². The first kappa shape index (κ1) is 17.3. The minimum Gasteiger partial charge on any atom is -0.366 e. The van der Waals surface area contributed by atoms with Crippen molar-refractivity contribution in [2.24, 2.45) is 0 Å². The Bertz CT molecular complexity index is 780. The van der Waals surface area contributed by atoms with E-state index in [1.54, 1.807) is 0 Å². The van der Waals surface area contributed by atoms with Crippen LogP contribution in [-0.2, 0) is 24.0 Å². The molecule has 1 atom stereocenters. The summed E-state index contributed by atoms with van der Waals surface area (Å²) in [5.74, 6) is 2.12. The highest BCUT2D eigenvalue weighted by atomic mass is 16.5. The fourth-order valence-electron chi connectivity index (χ4n) is 3.11. The number of hydrogen-bond acceptors (Lipinski definition) is 7. The Hall–Kier alpha value is -2.53. The van der Waals surface area contributed by atoms with E-state index in [4.69, 9.17) is 4.74 Å². The van der Waals surface area contributed by atoms with Crippen molar-refractivity contribution in [3.05, 3.63) is 28.5 Å². The number of aryl methyl sites for hydroxylation is 2. The summed E-state index contributed by atoms with van der Waals surface area (Å²) in [6.45, 7) is 7.85. The van der Waals surface area contributed by atoms with Crippen LogP contribution in [0.2, 0.25) is 0 Å². The number of nitriles is 1. The normalized spacial score (nSPS) is 17.5. The molecule has 3 heterocycles. The average Bonchev–Trinajstić information content (AvgIpc) is 3.16. The lowest BCUT2D eigenvalue weighted by molar-refractivity contribution is 0.0339. The van der Waals surface area contributed by atoms with Gasteiger partial charge in [0.15, 0.2) is 11.6 Å². The molecule has 1 unspecified atom stereocenters. The predicted molar refractivity (Wildman–Crippen MR) is 92.2 cm³/mol. The fraction of sp³-hybridized carbons (Fsp3) is 0.588. The van der Waals surface area contributed by atoms with Crippen molar-refractivity contribution in [2.75, 3.05) is 24.6 Å². The summed E-state index contributed by atoms with van der Waals surface area (Å²) < 4.78 is 5.83. The Morgan fingerprint density at radius 2 is 2.08 bits per heavy atom. The summed E-state index contributed by atoms with van der Waals surface area (Å²) >= 11 is 0. The third kappa shape index (κ3) is 3.33. The molecular weight excluding hydrogens is 318 g/mol. The fourth-order valence-corrected chi connectivity index (χ4v) is 3.11. The second-order valence-corrected chi connectivity index (χ2v) is 5.94. The highest BCUT2D eigenvalue weighted by molar-refractivity contribution is 5.58. The average molecular weight is 341 g/mol. The molecule has 3 rings (SSSR count). The summed E-state index contributed by atoms with van der Waals surface area (Å²) in [5, 5.41) is 25.6. The second kappa shape index (κ2) is 7.57. The summed E-state index contributed by atoms with van der Waals surface area (Å²) in [5.41, 5.74) is 2.51. The third-order valence-electron chi connectivity index (χ3n) is 4.48. The van der Waals surface area contributed by atoms with Crippen molar-refractivity contribution in [3.63, 3.8) is 0 Å². The molecule has 132 valence electrons. The molecule has 2 aromatic rings. The zero-order chi connectivity index (χ0) is 17.8. The maximum Gasteiger partial charge on any atom is 0.181 e. The van der Waals surface area contributed by atoms with Gasteiger partial charge in [0.25, 0.3) is 0 Å². The number of H-pyrrole nitrogens is 1. The molecule has 0 saturated carbocycles. The van der Waals surface area contributed by atoms with Crippen molar-refractivity contribution >= 4 is 5.82 Å². The SMILES string of the molecule is CCc1nc(C2CN(c3nnc(CC)c(CC)c3C#N)CCO2)n[nH]1. The van der Waals surface area contributed by atoms with Crippen molar-refractivity contribution in [2.45, 2.75) is 46.1 Å². The van der Waals surface area contributed by atoms with Gasteiger partial charge in [0, 0.05) is 13.0 Å². The van der Waals surface area contributed by atoms with Gasteiger partial charge in [-0.05, 0) is 18.4 Å². The Labute approximate surface area is 147 Å². The Kier molecular flexibility index (Phi) is 5.24. The number of aromatic amines is 1. The van der Waals surface area contributed by atoms with E-state index < -0.39 is 0 Å². The zero-order valence-corrected chi connectivity index (χ0v) is 14.9. The van der Waals surface area contributed by atoms with E-state index in [1.807, 2.05) is 20.8 Å². The first-order valence-electron chi connectivity index (χ1n) is 8.77. The molecule has 25 heavy (non-hydrogen) atoms. The van der Waals surface area contributed by atoms with Crippen LogP contribution < -0.4 is 4.90 Å². The van der Waals surface area contributed by atoms with Crippen LogP contribution in [0.3, 0.4) is 0 Å². The van der Waals surface area contributed by atoms with Gasteiger partial charge < -0.3 is 9.64 Å². The van der Waals surface area contributed by atoms with Crippen molar-refractivity contribution in [3.8, 4) is 6.07 Å². The molecule has 8 heteroatoms. The van der Waals surface area contributed by atoms with E-state index in [2.05, 4.69) is 36.3 Å². The van der Waals surface area contributed by atoms with Gasteiger partial charge in [0.1, 0.15) is 23.6 Å². The van der Waals surface area contributed by atoms with Crippen molar-refractivity contribution in [1.82, 2.24) is 25.4 Å². The number of ether oxygens (including phenoxy) is 1. The third-order valence-corrected chi connectivity index (χ3v) is 4.48. The van der Waals surface area contributed by atoms with E-state index in [-0.39, 0.29) is 6.10 Å². The molecule has 0 bridgehead atoms. The molecule has 1 saturated heterocycles.